The molecule has 2 bridgehead atoms. The van der Waals surface area contributed by atoms with Gasteiger partial charge in [0.25, 0.3) is 5.91 Å². The Morgan fingerprint density at radius 2 is 1.76 bits per heavy atom. The van der Waals surface area contributed by atoms with Gasteiger partial charge in [-0.2, -0.15) is 0 Å². The minimum atomic E-state index is -0.806. The number of carbonyl (C=O) groups excluding carboxylic acids is 1. The van der Waals surface area contributed by atoms with E-state index in [2.05, 4.69) is 16.4 Å². The lowest BCUT2D eigenvalue weighted by atomic mass is 9.75. The lowest BCUT2D eigenvalue weighted by Crippen LogP contribution is -2.28. The zero-order valence-electron chi connectivity index (χ0n) is 21.3. The van der Waals surface area contributed by atoms with Crippen molar-refractivity contribution in [3.8, 4) is 0 Å². The van der Waals surface area contributed by atoms with E-state index < -0.39 is 5.97 Å². The van der Waals surface area contributed by atoms with Crippen LogP contribution in [0.25, 0.3) is 0 Å². The highest BCUT2D eigenvalue weighted by molar-refractivity contribution is 5.91. The molecule has 3 heterocycles. The number of halogens is 1. The number of aliphatic carboxylic acids is 1. The third-order valence-corrected chi connectivity index (χ3v) is 7.74. The van der Waals surface area contributed by atoms with E-state index in [4.69, 9.17) is 14.3 Å². The molecule has 0 saturated carbocycles. The first kappa shape index (κ1) is 26.1. The van der Waals surface area contributed by atoms with E-state index >= 15 is 0 Å². The Bertz CT molecular complexity index is 1260. The highest BCUT2D eigenvalue weighted by Gasteiger charge is 2.51. The van der Waals surface area contributed by atoms with Gasteiger partial charge in [0.1, 0.15) is 12.1 Å². The van der Waals surface area contributed by atoms with Crippen molar-refractivity contribution >= 4 is 11.9 Å². The van der Waals surface area contributed by atoms with E-state index in [1.807, 2.05) is 18.2 Å². The average molecular weight is 521 g/mol. The average Bonchev–Trinajstić information content (AvgIpc) is 3.66. The van der Waals surface area contributed by atoms with Crippen LogP contribution >= 0.6 is 0 Å². The van der Waals surface area contributed by atoms with E-state index in [0.717, 1.165) is 55.2 Å². The van der Waals surface area contributed by atoms with Crippen LogP contribution in [0.1, 0.15) is 71.1 Å². The maximum atomic E-state index is 13.0. The molecule has 2 saturated heterocycles. The van der Waals surface area contributed by atoms with Crippen LogP contribution in [0.3, 0.4) is 0 Å². The Labute approximate surface area is 221 Å². The van der Waals surface area contributed by atoms with Gasteiger partial charge in [-0.05, 0) is 73.8 Å². The summed E-state index contributed by atoms with van der Waals surface area (Å²) in [6.45, 7) is 0.523. The molecule has 0 spiro atoms. The smallest absolute Gasteiger partial charge is 0.303 e. The predicted molar refractivity (Wildman–Crippen MR) is 138 cm³/mol. The fourth-order valence-electron chi connectivity index (χ4n) is 5.81. The number of amides is 1. The van der Waals surface area contributed by atoms with Gasteiger partial charge in [-0.3, -0.25) is 9.59 Å². The first-order valence-corrected chi connectivity index (χ1v) is 13.4. The molecule has 2 aromatic carbocycles. The van der Waals surface area contributed by atoms with Gasteiger partial charge >= 0.3 is 5.97 Å². The molecule has 8 heteroatoms. The summed E-state index contributed by atoms with van der Waals surface area (Å²) in [5.74, 6) is -0.663. The number of aryl methyl sites for hydroxylation is 2. The third-order valence-electron chi connectivity index (χ3n) is 7.74. The summed E-state index contributed by atoms with van der Waals surface area (Å²) in [4.78, 5) is 28.4. The Kier molecular flexibility index (Phi) is 8.17. The zero-order valence-corrected chi connectivity index (χ0v) is 21.3. The minimum absolute atomic E-state index is 0.0113. The second kappa shape index (κ2) is 11.9. The number of benzene rings is 2. The standard InChI is InChI=1S/C30H33FN2O5/c31-22-11-8-19(9-12-22)5-3-4-16-32-29(36)24-18-37-30(33-24)28-23(25-13-14-26(28)38-25)17-21-7-2-1-6-20(21)10-15-27(34)35/h1-2,6-9,11-12,18,23,25-26,28H,3-5,10,13-17H2,(H,32,36)(H,34,35)/t23-,25+,26-,28+/m1/s1. The van der Waals surface area contributed by atoms with Crippen molar-refractivity contribution in [1.29, 1.82) is 0 Å². The van der Waals surface area contributed by atoms with Gasteiger partial charge in [-0.25, -0.2) is 9.37 Å². The first-order valence-electron chi connectivity index (χ1n) is 13.4. The predicted octanol–water partition coefficient (Wildman–Crippen LogP) is 5.09. The Morgan fingerprint density at radius 3 is 2.55 bits per heavy atom. The van der Waals surface area contributed by atoms with Crippen molar-refractivity contribution in [3.63, 3.8) is 0 Å². The third kappa shape index (κ3) is 6.13. The number of carboxylic acid groups (broad SMARTS) is 1. The van der Waals surface area contributed by atoms with Gasteiger partial charge in [0.2, 0.25) is 5.89 Å². The normalized spacial score (nSPS) is 22.0. The number of aromatic nitrogens is 1. The van der Waals surface area contributed by atoms with Crippen LogP contribution < -0.4 is 5.32 Å². The topological polar surface area (TPSA) is 102 Å². The number of nitrogens with one attached hydrogen (secondary N) is 1. The first-order chi connectivity index (χ1) is 18.5. The van der Waals surface area contributed by atoms with Crippen LogP contribution in [0.5, 0.6) is 0 Å². The number of hydrogen-bond donors (Lipinski definition) is 2. The van der Waals surface area contributed by atoms with E-state index in [0.29, 0.717) is 18.9 Å². The highest BCUT2D eigenvalue weighted by Crippen LogP contribution is 2.50. The quantitative estimate of drug-likeness (QED) is 0.323. The summed E-state index contributed by atoms with van der Waals surface area (Å²) < 4.78 is 25.1. The van der Waals surface area contributed by atoms with Crippen molar-refractivity contribution in [3.05, 3.63) is 88.9 Å². The molecule has 2 fully saturated rings. The number of nitrogens with zero attached hydrogens (tertiary/aromatic N) is 1. The van der Waals surface area contributed by atoms with Gasteiger partial charge in [0.15, 0.2) is 5.69 Å². The molecule has 0 radical (unpaired) electrons. The van der Waals surface area contributed by atoms with Crippen molar-refractivity contribution in [2.75, 3.05) is 6.54 Å². The molecule has 1 aromatic heterocycles. The number of ether oxygens (including phenoxy) is 1. The summed E-state index contributed by atoms with van der Waals surface area (Å²) >= 11 is 0. The molecule has 7 nitrogen and oxygen atoms in total. The zero-order chi connectivity index (χ0) is 26.5. The number of fused-ring (bicyclic) bond motifs is 2. The Balaban J connectivity index is 1.18. The van der Waals surface area contributed by atoms with Crippen LogP contribution in [-0.2, 0) is 28.8 Å². The molecule has 3 aromatic rings. The monoisotopic (exact) mass is 520 g/mol. The fourth-order valence-corrected chi connectivity index (χ4v) is 5.81. The second-order valence-corrected chi connectivity index (χ2v) is 10.3. The SMILES string of the molecule is O=C(O)CCc1ccccc1C[C@H]1[C@H](c2nc(C(=O)NCCCCc3ccc(F)cc3)co2)[C@H]2CC[C@@H]1O2. The number of carboxylic acids is 1. The van der Waals surface area contributed by atoms with Crippen molar-refractivity contribution in [1.82, 2.24) is 10.3 Å². The molecule has 2 N–H and O–H groups in total. The van der Waals surface area contributed by atoms with E-state index in [1.54, 1.807) is 12.1 Å². The molecule has 2 aliphatic rings. The maximum absolute atomic E-state index is 13.0. The molecule has 0 unspecified atom stereocenters. The molecule has 38 heavy (non-hydrogen) atoms. The largest absolute Gasteiger partial charge is 0.481 e. The maximum Gasteiger partial charge on any atom is 0.303 e. The summed E-state index contributed by atoms with van der Waals surface area (Å²) in [5.41, 5.74) is 3.52. The van der Waals surface area contributed by atoms with Gasteiger partial charge in [0.05, 0.1) is 18.1 Å². The molecular formula is C30H33FN2O5. The summed E-state index contributed by atoms with van der Waals surface area (Å²) in [6, 6.07) is 14.5. The van der Waals surface area contributed by atoms with Crippen LogP contribution in [0.4, 0.5) is 4.39 Å². The molecule has 0 aliphatic carbocycles. The van der Waals surface area contributed by atoms with Gasteiger partial charge in [-0.1, -0.05) is 36.4 Å². The highest BCUT2D eigenvalue weighted by atomic mass is 19.1. The molecule has 4 atom stereocenters. The lowest BCUT2D eigenvalue weighted by molar-refractivity contribution is -0.136. The van der Waals surface area contributed by atoms with Crippen LogP contribution in [0.15, 0.2) is 59.2 Å². The fraction of sp³-hybridized carbons (Fsp3) is 0.433. The number of rotatable bonds is 12. The molecule has 1 amide bonds. The van der Waals surface area contributed by atoms with E-state index in [1.165, 1.54) is 18.4 Å². The van der Waals surface area contributed by atoms with Crippen LogP contribution in [-0.4, -0.2) is 40.7 Å². The van der Waals surface area contributed by atoms with Crippen molar-refractivity contribution in [2.45, 2.75) is 69.5 Å². The van der Waals surface area contributed by atoms with Gasteiger partial charge < -0.3 is 19.6 Å². The van der Waals surface area contributed by atoms with E-state index in [-0.39, 0.29) is 47.9 Å². The number of oxazole rings is 1. The van der Waals surface area contributed by atoms with Crippen molar-refractivity contribution < 1.29 is 28.2 Å². The Hall–Kier alpha value is -3.52. The summed E-state index contributed by atoms with van der Waals surface area (Å²) in [6.07, 6.45) is 7.30. The number of hydrogen-bond acceptors (Lipinski definition) is 5. The minimum Gasteiger partial charge on any atom is -0.481 e. The number of unbranched alkanes of at least 4 members (excludes halogenated alkanes) is 1. The molecule has 5 rings (SSSR count). The molecule has 2 aliphatic heterocycles. The summed E-state index contributed by atoms with van der Waals surface area (Å²) in [7, 11) is 0. The van der Waals surface area contributed by atoms with Crippen LogP contribution in [0.2, 0.25) is 0 Å². The second-order valence-electron chi connectivity index (χ2n) is 10.3. The van der Waals surface area contributed by atoms with Crippen molar-refractivity contribution in [2.24, 2.45) is 5.92 Å². The summed E-state index contributed by atoms with van der Waals surface area (Å²) in [5, 5.41) is 12.0. The van der Waals surface area contributed by atoms with Gasteiger partial charge in [0, 0.05) is 18.9 Å². The van der Waals surface area contributed by atoms with Gasteiger partial charge in [-0.15, -0.1) is 0 Å². The van der Waals surface area contributed by atoms with Crippen LogP contribution in [0, 0.1) is 11.7 Å². The Morgan fingerprint density at radius 1 is 1.00 bits per heavy atom. The molecular weight excluding hydrogens is 487 g/mol. The van der Waals surface area contributed by atoms with E-state index in [9.17, 15) is 14.0 Å². The number of carbonyl (C=O) groups is 2. The molecule has 200 valence electrons. The lowest BCUT2D eigenvalue weighted by Gasteiger charge is -2.26.